The van der Waals surface area contributed by atoms with Gasteiger partial charge in [-0.25, -0.2) is 4.98 Å². The van der Waals surface area contributed by atoms with E-state index in [1.807, 2.05) is 5.38 Å². The van der Waals surface area contributed by atoms with Gasteiger partial charge in [0.15, 0.2) is 0 Å². The van der Waals surface area contributed by atoms with Crippen molar-refractivity contribution in [3.63, 3.8) is 0 Å². The van der Waals surface area contributed by atoms with Crippen LogP contribution in [0.3, 0.4) is 0 Å². The molecule has 0 atom stereocenters. The first kappa shape index (κ1) is 14.0. The Balaban J connectivity index is 2.23. The molecule has 6 heteroatoms. The molecule has 2 N–H and O–H groups in total. The number of thiazole rings is 1. The number of halogens is 3. The highest BCUT2D eigenvalue weighted by Crippen LogP contribution is 2.33. The molecule has 19 heavy (non-hydrogen) atoms. The Morgan fingerprint density at radius 1 is 1.21 bits per heavy atom. The van der Waals surface area contributed by atoms with E-state index in [2.05, 4.69) is 4.98 Å². The van der Waals surface area contributed by atoms with Crippen LogP contribution < -0.4 is 5.73 Å². The molecule has 1 aromatic carbocycles. The minimum atomic E-state index is -4.33. The lowest BCUT2D eigenvalue weighted by atomic mass is 10.0. The number of alkyl halides is 3. The fraction of sp³-hybridized carbons (Fsp3) is 0.308. The molecular weight excluding hydrogens is 273 g/mol. The summed E-state index contributed by atoms with van der Waals surface area (Å²) < 4.78 is 38.5. The fourth-order valence-corrected chi connectivity index (χ4v) is 2.66. The topological polar surface area (TPSA) is 38.9 Å². The first-order chi connectivity index (χ1) is 9.00. The molecule has 0 unspecified atom stereocenters. The zero-order valence-corrected chi connectivity index (χ0v) is 10.9. The maximum Gasteiger partial charge on any atom is 0.416 e. The lowest BCUT2D eigenvalue weighted by molar-refractivity contribution is -0.138. The van der Waals surface area contributed by atoms with Crippen LogP contribution in [-0.4, -0.2) is 11.5 Å². The molecule has 102 valence electrons. The molecule has 0 radical (unpaired) electrons. The second-order valence-corrected chi connectivity index (χ2v) is 5.05. The summed E-state index contributed by atoms with van der Waals surface area (Å²) in [7, 11) is 0. The molecule has 0 aliphatic carbocycles. The lowest BCUT2D eigenvalue weighted by Gasteiger charge is -2.11. The predicted molar refractivity (Wildman–Crippen MR) is 69.1 cm³/mol. The van der Waals surface area contributed by atoms with E-state index in [4.69, 9.17) is 5.73 Å². The van der Waals surface area contributed by atoms with Gasteiger partial charge in [0.05, 0.1) is 16.3 Å². The van der Waals surface area contributed by atoms with Crippen LogP contribution in [0.2, 0.25) is 0 Å². The highest BCUT2D eigenvalue weighted by molar-refractivity contribution is 7.09. The molecule has 2 aromatic rings. The van der Waals surface area contributed by atoms with Crippen LogP contribution in [0.15, 0.2) is 29.6 Å². The Labute approximate surface area is 113 Å². The molecule has 1 aromatic heterocycles. The van der Waals surface area contributed by atoms with Crippen LogP contribution in [0.4, 0.5) is 13.2 Å². The van der Waals surface area contributed by atoms with Crippen molar-refractivity contribution in [3.8, 4) is 0 Å². The highest BCUT2D eigenvalue weighted by atomic mass is 32.1. The van der Waals surface area contributed by atoms with Crippen molar-refractivity contribution in [2.24, 2.45) is 5.73 Å². The summed E-state index contributed by atoms with van der Waals surface area (Å²) in [5.41, 5.74) is 5.92. The largest absolute Gasteiger partial charge is 0.416 e. The molecule has 0 fully saturated rings. The maximum absolute atomic E-state index is 12.8. The van der Waals surface area contributed by atoms with Gasteiger partial charge in [-0.15, -0.1) is 11.3 Å². The average Bonchev–Trinajstić information content (AvgIpc) is 2.76. The van der Waals surface area contributed by atoms with Crippen molar-refractivity contribution in [1.82, 2.24) is 4.98 Å². The molecule has 0 amide bonds. The summed E-state index contributed by atoms with van der Waals surface area (Å²) in [6.07, 6.45) is -3.48. The van der Waals surface area contributed by atoms with Gasteiger partial charge in [-0.2, -0.15) is 13.2 Å². The number of hydrogen-bond acceptors (Lipinski definition) is 3. The number of nitrogens with zero attached hydrogens (tertiary/aromatic N) is 1. The average molecular weight is 286 g/mol. The third-order valence-corrected chi connectivity index (χ3v) is 3.56. The van der Waals surface area contributed by atoms with E-state index >= 15 is 0 Å². The van der Waals surface area contributed by atoms with Gasteiger partial charge in [-0.05, 0) is 18.2 Å². The van der Waals surface area contributed by atoms with Gasteiger partial charge in [-0.1, -0.05) is 18.2 Å². The Kier molecular flexibility index (Phi) is 4.21. The monoisotopic (exact) mass is 286 g/mol. The predicted octanol–water partition coefficient (Wildman–Crippen LogP) is 3.25. The number of aromatic nitrogens is 1. The Bertz CT molecular complexity index is 549. The van der Waals surface area contributed by atoms with Gasteiger partial charge in [0.1, 0.15) is 0 Å². The molecule has 2 nitrogen and oxygen atoms in total. The van der Waals surface area contributed by atoms with Crippen LogP contribution in [-0.2, 0) is 19.0 Å². The fourth-order valence-electron chi connectivity index (χ4n) is 1.81. The third kappa shape index (κ3) is 3.54. The van der Waals surface area contributed by atoms with E-state index in [0.717, 1.165) is 11.8 Å². The normalized spacial score (nSPS) is 11.8. The van der Waals surface area contributed by atoms with Crippen LogP contribution in [0.1, 0.15) is 21.8 Å². The van der Waals surface area contributed by atoms with Gasteiger partial charge in [0, 0.05) is 18.2 Å². The zero-order chi connectivity index (χ0) is 13.9. The number of nitrogens with two attached hydrogens (primary N) is 1. The first-order valence-electron chi connectivity index (χ1n) is 5.79. The summed E-state index contributed by atoms with van der Waals surface area (Å²) in [6, 6.07) is 5.60. The number of hydrogen-bond donors (Lipinski definition) is 1. The second kappa shape index (κ2) is 5.71. The van der Waals surface area contributed by atoms with E-state index in [1.165, 1.54) is 23.5 Å². The molecule has 0 aliphatic heterocycles. The summed E-state index contributed by atoms with van der Waals surface area (Å²) in [4.78, 5) is 4.29. The standard InChI is InChI=1S/C13H13F3N2S/c14-13(15,16)11-4-2-1-3-9(11)7-12-18-10(5-6-17)8-19-12/h1-4,8H,5-7,17H2. The van der Waals surface area contributed by atoms with Gasteiger partial charge < -0.3 is 5.73 Å². The van der Waals surface area contributed by atoms with E-state index in [1.54, 1.807) is 6.07 Å². The van der Waals surface area contributed by atoms with Crippen LogP contribution in [0.25, 0.3) is 0 Å². The van der Waals surface area contributed by atoms with E-state index in [-0.39, 0.29) is 12.0 Å². The molecular formula is C13H13F3N2S. The Hall–Kier alpha value is -1.40. The van der Waals surface area contributed by atoms with Gasteiger partial charge in [0.2, 0.25) is 0 Å². The SMILES string of the molecule is NCCc1csc(Cc2ccccc2C(F)(F)F)n1. The van der Waals surface area contributed by atoms with Crippen molar-refractivity contribution in [1.29, 1.82) is 0 Å². The summed E-state index contributed by atoms with van der Waals surface area (Å²) in [6.45, 7) is 0.488. The molecule has 0 spiro atoms. The van der Waals surface area contributed by atoms with Crippen LogP contribution >= 0.6 is 11.3 Å². The van der Waals surface area contributed by atoms with Gasteiger partial charge in [-0.3, -0.25) is 0 Å². The highest BCUT2D eigenvalue weighted by Gasteiger charge is 2.32. The minimum absolute atomic E-state index is 0.199. The van der Waals surface area contributed by atoms with Gasteiger partial charge >= 0.3 is 6.18 Å². The maximum atomic E-state index is 12.8. The Morgan fingerprint density at radius 2 is 1.95 bits per heavy atom. The smallest absolute Gasteiger partial charge is 0.330 e. The number of rotatable bonds is 4. The third-order valence-electron chi connectivity index (χ3n) is 2.66. The minimum Gasteiger partial charge on any atom is -0.330 e. The van der Waals surface area contributed by atoms with Crippen LogP contribution in [0, 0.1) is 0 Å². The first-order valence-corrected chi connectivity index (χ1v) is 6.67. The molecule has 0 bridgehead atoms. The lowest BCUT2D eigenvalue weighted by Crippen LogP contribution is -2.09. The summed E-state index contributed by atoms with van der Waals surface area (Å²) in [5.74, 6) is 0. The molecule has 0 saturated carbocycles. The zero-order valence-electron chi connectivity index (χ0n) is 10.1. The summed E-state index contributed by atoms with van der Waals surface area (Å²) >= 11 is 1.37. The van der Waals surface area contributed by atoms with Crippen molar-refractivity contribution < 1.29 is 13.2 Å². The summed E-state index contributed by atoms with van der Waals surface area (Å²) in [5, 5.41) is 2.53. The molecule has 2 rings (SSSR count). The Morgan fingerprint density at radius 3 is 2.63 bits per heavy atom. The van der Waals surface area contributed by atoms with Crippen LogP contribution in [0.5, 0.6) is 0 Å². The number of benzene rings is 1. The van der Waals surface area contributed by atoms with E-state index in [9.17, 15) is 13.2 Å². The molecule has 1 heterocycles. The quantitative estimate of drug-likeness (QED) is 0.937. The van der Waals surface area contributed by atoms with Gasteiger partial charge in [0.25, 0.3) is 0 Å². The van der Waals surface area contributed by atoms with Crippen molar-refractivity contribution >= 4 is 11.3 Å². The van der Waals surface area contributed by atoms with Crippen molar-refractivity contribution in [3.05, 3.63) is 51.5 Å². The van der Waals surface area contributed by atoms with Crippen molar-refractivity contribution in [2.75, 3.05) is 6.54 Å². The molecule has 0 aliphatic rings. The van der Waals surface area contributed by atoms with E-state index in [0.29, 0.717) is 18.0 Å². The second-order valence-electron chi connectivity index (χ2n) is 4.10. The molecule has 0 saturated heterocycles. The van der Waals surface area contributed by atoms with E-state index < -0.39 is 11.7 Å². The van der Waals surface area contributed by atoms with Crippen molar-refractivity contribution in [2.45, 2.75) is 19.0 Å².